The van der Waals surface area contributed by atoms with Crippen molar-refractivity contribution in [3.63, 3.8) is 0 Å². The molecule has 0 aromatic carbocycles. The van der Waals surface area contributed by atoms with Crippen molar-refractivity contribution in [3.05, 3.63) is 31.7 Å². The van der Waals surface area contributed by atoms with Crippen molar-refractivity contribution >= 4 is 0 Å². The van der Waals surface area contributed by atoms with Gasteiger partial charge in [-0.2, -0.15) is 0 Å². The molecule has 39 valence electrons. The van der Waals surface area contributed by atoms with Gasteiger partial charge in [-0.05, 0) is 19.8 Å². The SMILES string of the molecule is [CH2]CC=CCC=C. The minimum absolute atomic E-state index is 0.883. The standard InChI is InChI=1S/C7H11/c1-3-5-7-6-4-2/h3,6-7H,1-2,4-5H2. The first-order valence-electron chi connectivity index (χ1n) is 2.47. The summed E-state index contributed by atoms with van der Waals surface area (Å²) >= 11 is 0. The van der Waals surface area contributed by atoms with Crippen LogP contribution in [0.2, 0.25) is 0 Å². The Morgan fingerprint density at radius 1 is 1.29 bits per heavy atom. The minimum Gasteiger partial charge on any atom is -0.103 e. The van der Waals surface area contributed by atoms with Crippen molar-refractivity contribution < 1.29 is 0 Å². The summed E-state index contributed by atoms with van der Waals surface area (Å²) in [6.45, 7) is 7.20. The van der Waals surface area contributed by atoms with Crippen LogP contribution in [0.5, 0.6) is 0 Å². The second-order valence-electron chi connectivity index (χ2n) is 1.28. The number of hydrogen-bond acceptors (Lipinski definition) is 0. The summed E-state index contributed by atoms with van der Waals surface area (Å²) in [5, 5.41) is 0. The maximum atomic E-state index is 3.64. The molecular weight excluding hydrogens is 84.1 g/mol. The van der Waals surface area contributed by atoms with Crippen LogP contribution >= 0.6 is 0 Å². The molecule has 0 spiro atoms. The first-order valence-corrected chi connectivity index (χ1v) is 2.47. The van der Waals surface area contributed by atoms with Gasteiger partial charge >= 0.3 is 0 Å². The highest BCUT2D eigenvalue weighted by Gasteiger charge is 1.63. The van der Waals surface area contributed by atoms with Gasteiger partial charge in [-0.3, -0.25) is 0 Å². The van der Waals surface area contributed by atoms with Gasteiger partial charge < -0.3 is 0 Å². The molecule has 0 nitrogen and oxygen atoms in total. The van der Waals surface area contributed by atoms with Gasteiger partial charge in [0, 0.05) is 0 Å². The van der Waals surface area contributed by atoms with Crippen molar-refractivity contribution in [2.75, 3.05) is 0 Å². The average Bonchev–Trinajstić information content (AvgIpc) is 1.69. The molecule has 7 heavy (non-hydrogen) atoms. The van der Waals surface area contributed by atoms with E-state index in [-0.39, 0.29) is 0 Å². The Labute approximate surface area is 45.5 Å². The fraction of sp³-hybridized carbons (Fsp3) is 0.286. The molecule has 0 aliphatic carbocycles. The summed E-state index contributed by atoms with van der Waals surface area (Å²) in [7, 11) is 0. The van der Waals surface area contributed by atoms with Crippen LogP contribution in [-0.2, 0) is 0 Å². The lowest BCUT2D eigenvalue weighted by Crippen LogP contribution is -1.54. The predicted octanol–water partition coefficient (Wildman–Crippen LogP) is 2.34. The molecule has 0 aromatic rings. The van der Waals surface area contributed by atoms with Crippen LogP contribution in [0, 0.1) is 6.92 Å². The summed E-state index contributed by atoms with van der Waals surface area (Å²) in [6.07, 6.45) is 7.80. The molecule has 0 heterocycles. The molecule has 0 atom stereocenters. The van der Waals surface area contributed by atoms with E-state index in [0.717, 1.165) is 12.8 Å². The third-order valence-corrected chi connectivity index (χ3v) is 0.636. The Kier molecular flexibility index (Phi) is 5.07. The van der Waals surface area contributed by atoms with Gasteiger partial charge in [-0.25, -0.2) is 0 Å². The first-order chi connectivity index (χ1) is 3.41. The Bertz CT molecular complexity index is 60.4. The van der Waals surface area contributed by atoms with E-state index in [9.17, 15) is 0 Å². The van der Waals surface area contributed by atoms with Gasteiger partial charge in [0.2, 0.25) is 0 Å². The van der Waals surface area contributed by atoms with Gasteiger partial charge in [-0.1, -0.05) is 18.2 Å². The lowest BCUT2D eigenvalue weighted by Gasteiger charge is -1.75. The zero-order valence-electron chi connectivity index (χ0n) is 4.56. The number of allylic oxidation sites excluding steroid dienone is 3. The monoisotopic (exact) mass is 95.1 g/mol. The second-order valence-corrected chi connectivity index (χ2v) is 1.28. The number of hydrogen-bond donors (Lipinski definition) is 0. The summed E-state index contributed by atoms with van der Waals surface area (Å²) in [4.78, 5) is 0. The smallest absolute Gasteiger partial charge is 0.0172 e. The van der Waals surface area contributed by atoms with Crippen LogP contribution < -0.4 is 0 Å². The highest BCUT2D eigenvalue weighted by atomic mass is 13.7. The Balaban J connectivity index is 2.92. The molecule has 0 aromatic heterocycles. The third kappa shape index (κ3) is 5.48. The maximum Gasteiger partial charge on any atom is -0.0172 e. The summed E-state index contributed by atoms with van der Waals surface area (Å²) in [5.74, 6) is 0. The van der Waals surface area contributed by atoms with Crippen molar-refractivity contribution in [1.29, 1.82) is 0 Å². The molecule has 0 aliphatic heterocycles. The van der Waals surface area contributed by atoms with E-state index in [0.29, 0.717) is 0 Å². The summed E-state index contributed by atoms with van der Waals surface area (Å²) < 4.78 is 0. The molecular formula is C7H11. The van der Waals surface area contributed by atoms with Gasteiger partial charge in [0.05, 0.1) is 0 Å². The van der Waals surface area contributed by atoms with Crippen LogP contribution in [-0.4, -0.2) is 0 Å². The van der Waals surface area contributed by atoms with E-state index in [1.165, 1.54) is 0 Å². The molecule has 0 N–H and O–H groups in total. The van der Waals surface area contributed by atoms with Crippen LogP contribution in [0.15, 0.2) is 24.8 Å². The minimum atomic E-state index is 0.883. The average molecular weight is 95.2 g/mol. The predicted molar refractivity (Wildman–Crippen MR) is 33.9 cm³/mol. The van der Waals surface area contributed by atoms with Crippen molar-refractivity contribution in [2.45, 2.75) is 12.8 Å². The molecule has 0 saturated heterocycles. The first kappa shape index (κ1) is 6.48. The van der Waals surface area contributed by atoms with Crippen molar-refractivity contribution in [3.8, 4) is 0 Å². The number of rotatable bonds is 3. The quantitative estimate of drug-likeness (QED) is 0.472. The summed E-state index contributed by atoms with van der Waals surface area (Å²) in [5.41, 5.74) is 0. The van der Waals surface area contributed by atoms with E-state index in [1.807, 2.05) is 12.2 Å². The maximum absolute atomic E-state index is 3.64. The van der Waals surface area contributed by atoms with Gasteiger partial charge in [0.25, 0.3) is 0 Å². The molecule has 0 saturated carbocycles. The topological polar surface area (TPSA) is 0 Å². The van der Waals surface area contributed by atoms with E-state index in [2.05, 4.69) is 19.6 Å². The normalized spacial score (nSPS) is 9.86. The third-order valence-electron chi connectivity index (χ3n) is 0.636. The van der Waals surface area contributed by atoms with Crippen LogP contribution in [0.25, 0.3) is 0 Å². The lowest BCUT2D eigenvalue weighted by molar-refractivity contribution is 1.32. The molecule has 0 heteroatoms. The van der Waals surface area contributed by atoms with E-state index < -0.39 is 0 Å². The van der Waals surface area contributed by atoms with Gasteiger partial charge in [0.1, 0.15) is 0 Å². The second kappa shape index (κ2) is 5.48. The Morgan fingerprint density at radius 3 is 2.43 bits per heavy atom. The summed E-state index contributed by atoms with van der Waals surface area (Å²) in [6, 6.07) is 0. The molecule has 0 unspecified atom stereocenters. The van der Waals surface area contributed by atoms with E-state index in [1.54, 1.807) is 0 Å². The van der Waals surface area contributed by atoms with Gasteiger partial charge in [0.15, 0.2) is 0 Å². The zero-order chi connectivity index (χ0) is 5.54. The lowest BCUT2D eigenvalue weighted by atomic mass is 10.3. The Hall–Kier alpha value is -0.520. The van der Waals surface area contributed by atoms with Crippen LogP contribution in [0.3, 0.4) is 0 Å². The fourth-order valence-electron chi connectivity index (χ4n) is 0.310. The molecule has 0 bridgehead atoms. The highest BCUT2D eigenvalue weighted by molar-refractivity contribution is 4.88. The van der Waals surface area contributed by atoms with Crippen molar-refractivity contribution in [1.82, 2.24) is 0 Å². The van der Waals surface area contributed by atoms with E-state index >= 15 is 0 Å². The van der Waals surface area contributed by atoms with Gasteiger partial charge in [-0.15, -0.1) is 6.58 Å². The van der Waals surface area contributed by atoms with E-state index in [4.69, 9.17) is 0 Å². The Morgan fingerprint density at radius 2 is 2.00 bits per heavy atom. The zero-order valence-corrected chi connectivity index (χ0v) is 4.56. The largest absolute Gasteiger partial charge is 0.103 e. The molecule has 0 rings (SSSR count). The fourth-order valence-corrected chi connectivity index (χ4v) is 0.310. The molecule has 0 aliphatic rings. The highest BCUT2D eigenvalue weighted by Crippen LogP contribution is 1.84. The van der Waals surface area contributed by atoms with Crippen LogP contribution in [0.1, 0.15) is 12.8 Å². The molecule has 1 radical (unpaired) electrons. The molecule has 0 fully saturated rings. The van der Waals surface area contributed by atoms with Crippen LogP contribution in [0.4, 0.5) is 0 Å². The molecule has 0 amide bonds. The van der Waals surface area contributed by atoms with Crippen molar-refractivity contribution in [2.24, 2.45) is 0 Å².